The van der Waals surface area contributed by atoms with E-state index in [4.69, 9.17) is 0 Å². The number of nitrogens with one attached hydrogen (secondary N) is 1. The Kier molecular flexibility index (Phi) is 3.45. The molecule has 0 aromatic carbocycles. The Balaban J connectivity index is 1.36. The van der Waals surface area contributed by atoms with Gasteiger partial charge in [-0.15, -0.1) is 0 Å². The van der Waals surface area contributed by atoms with Crippen LogP contribution in [0.25, 0.3) is 0 Å². The van der Waals surface area contributed by atoms with Gasteiger partial charge in [0.25, 0.3) is 0 Å². The van der Waals surface area contributed by atoms with Gasteiger partial charge in [0.05, 0.1) is 0 Å². The number of rotatable bonds is 6. The van der Waals surface area contributed by atoms with Crippen LogP contribution in [0.5, 0.6) is 0 Å². The summed E-state index contributed by atoms with van der Waals surface area (Å²) < 4.78 is 0. The molecule has 0 radical (unpaired) electrons. The zero-order valence-electron chi connectivity index (χ0n) is 11.5. The van der Waals surface area contributed by atoms with Gasteiger partial charge in [0.2, 0.25) is 0 Å². The molecule has 1 saturated heterocycles. The molecular weight excluding hydrogens is 208 g/mol. The molecule has 0 amide bonds. The Morgan fingerprint density at radius 1 is 1.00 bits per heavy atom. The second-order valence-corrected chi connectivity index (χ2v) is 6.87. The lowest BCUT2D eigenvalue weighted by molar-refractivity contribution is 0.303. The maximum Gasteiger partial charge on any atom is 0.0124 e. The van der Waals surface area contributed by atoms with E-state index in [2.05, 4.69) is 24.1 Å². The molecule has 98 valence electrons. The summed E-state index contributed by atoms with van der Waals surface area (Å²) in [6.45, 7) is 9.92. The van der Waals surface area contributed by atoms with E-state index in [0.717, 1.165) is 29.7 Å². The summed E-state index contributed by atoms with van der Waals surface area (Å²) >= 11 is 0. The Labute approximate surface area is 106 Å². The smallest absolute Gasteiger partial charge is 0.0124 e. The minimum Gasteiger partial charge on any atom is -0.312 e. The Morgan fingerprint density at radius 2 is 1.53 bits per heavy atom. The third kappa shape index (κ3) is 3.03. The van der Waals surface area contributed by atoms with Gasteiger partial charge in [-0.1, -0.05) is 13.8 Å². The van der Waals surface area contributed by atoms with Crippen molar-refractivity contribution in [1.82, 2.24) is 10.2 Å². The average molecular weight is 236 g/mol. The molecule has 1 aliphatic heterocycles. The van der Waals surface area contributed by atoms with Crippen LogP contribution in [0.1, 0.15) is 39.5 Å². The molecule has 1 N–H and O–H groups in total. The second-order valence-electron chi connectivity index (χ2n) is 6.87. The van der Waals surface area contributed by atoms with Crippen LogP contribution in [0.15, 0.2) is 0 Å². The van der Waals surface area contributed by atoms with E-state index in [1.807, 2.05) is 0 Å². The van der Waals surface area contributed by atoms with E-state index in [1.165, 1.54) is 51.9 Å². The number of nitrogens with zero attached hydrogens (tertiary/aromatic N) is 1. The summed E-state index contributed by atoms with van der Waals surface area (Å²) in [7, 11) is 0. The Morgan fingerprint density at radius 3 is 2.00 bits per heavy atom. The molecule has 3 fully saturated rings. The lowest BCUT2D eigenvalue weighted by Crippen LogP contribution is -2.39. The van der Waals surface area contributed by atoms with Crippen LogP contribution >= 0.6 is 0 Å². The molecule has 17 heavy (non-hydrogen) atoms. The standard InChI is InChI=1S/C15H28N2/c1-11-9-17(10-12(11)2)8-7-16-15(13-3-4-13)14-5-6-14/h11-16H,3-10H2,1-2H3. The van der Waals surface area contributed by atoms with Crippen LogP contribution in [0.3, 0.4) is 0 Å². The van der Waals surface area contributed by atoms with Gasteiger partial charge in [-0.05, 0) is 49.4 Å². The molecule has 2 heteroatoms. The number of likely N-dealkylation sites (tertiary alicyclic amines) is 1. The van der Waals surface area contributed by atoms with Crippen molar-refractivity contribution >= 4 is 0 Å². The molecule has 0 aromatic rings. The van der Waals surface area contributed by atoms with Crippen molar-refractivity contribution in [3.8, 4) is 0 Å². The van der Waals surface area contributed by atoms with Gasteiger partial charge in [-0.2, -0.15) is 0 Å². The highest BCUT2D eigenvalue weighted by Gasteiger charge is 2.41. The predicted octanol–water partition coefficient (Wildman–Crippen LogP) is 2.35. The van der Waals surface area contributed by atoms with E-state index in [9.17, 15) is 0 Å². The van der Waals surface area contributed by atoms with Crippen molar-refractivity contribution in [3.63, 3.8) is 0 Å². The van der Waals surface area contributed by atoms with Gasteiger partial charge in [0.15, 0.2) is 0 Å². The highest BCUT2D eigenvalue weighted by molar-refractivity contribution is 4.96. The van der Waals surface area contributed by atoms with Crippen LogP contribution in [0.2, 0.25) is 0 Å². The third-order valence-electron chi connectivity index (χ3n) is 5.13. The predicted molar refractivity (Wildman–Crippen MR) is 72.0 cm³/mol. The summed E-state index contributed by atoms with van der Waals surface area (Å²) in [5.41, 5.74) is 0. The molecule has 1 heterocycles. The molecule has 2 atom stereocenters. The molecule has 2 unspecified atom stereocenters. The molecule has 2 saturated carbocycles. The topological polar surface area (TPSA) is 15.3 Å². The summed E-state index contributed by atoms with van der Waals surface area (Å²) in [5.74, 6) is 3.88. The summed E-state index contributed by atoms with van der Waals surface area (Å²) in [6.07, 6.45) is 5.97. The zero-order chi connectivity index (χ0) is 11.8. The molecular formula is C15H28N2. The molecule has 0 bridgehead atoms. The lowest BCUT2D eigenvalue weighted by Gasteiger charge is -2.21. The summed E-state index contributed by atoms with van der Waals surface area (Å²) in [4.78, 5) is 2.65. The molecule has 2 nitrogen and oxygen atoms in total. The maximum atomic E-state index is 3.86. The minimum atomic E-state index is 0.882. The summed E-state index contributed by atoms with van der Waals surface area (Å²) in [5, 5.41) is 3.86. The van der Waals surface area contributed by atoms with Gasteiger partial charge in [0, 0.05) is 32.2 Å². The van der Waals surface area contributed by atoms with Crippen molar-refractivity contribution in [2.75, 3.05) is 26.2 Å². The van der Waals surface area contributed by atoms with Crippen LogP contribution in [0, 0.1) is 23.7 Å². The first-order valence-electron chi connectivity index (χ1n) is 7.70. The minimum absolute atomic E-state index is 0.882. The van der Waals surface area contributed by atoms with Gasteiger partial charge >= 0.3 is 0 Å². The number of hydrogen-bond acceptors (Lipinski definition) is 2. The van der Waals surface area contributed by atoms with Gasteiger partial charge < -0.3 is 10.2 Å². The monoisotopic (exact) mass is 236 g/mol. The highest BCUT2D eigenvalue weighted by Crippen LogP contribution is 2.44. The lowest BCUT2D eigenvalue weighted by atomic mass is 10.0. The fraction of sp³-hybridized carbons (Fsp3) is 1.00. The first-order valence-corrected chi connectivity index (χ1v) is 7.70. The molecule has 3 aliphatic rings. The second kappa shape index (κ2) is 4.89. The first-order chi connectivity index (χ1) is 8.24. The third-order valence-corrected chi connectivity index (χ3v) is 5.13. The maximum absolute atomic E-state index is 3.86. The van der Waals surface area contributed by atoms with E-state index < -0.39 is 0 Å². The SMILES string of the molecule is CC1CN(CCNC(C2CC2)C2CC2)CC1C. The van der Waals surface area contributed by atoms with Crippen LogP contribution in [-0.4, -0.2) is 37.1 Å². The van der Waals surface area contributed by atoms with Crippen molar-refractivity contribution < 1.29 is 0 Å². The van der Waals surface area contributed by atoms with E-state index >= 15 is 0 Å². The summed E-state index contributed by atoms with van der Waals surface area (Å²) in [6, 6.07) is 0.882. The van der Waals surface area contributed by atoms with E-state index in [0.29, 0.717) is 0 Å². The molecule has 0 aromatic heterocycles. The van der Waals surface area contributed by atoms with Gasteiger partial charge in [-0.25, -0.2) is 0 Å². The molecule has 3 rings (SSSR count). The molecule has 0 spiro atoms. The van der Waals surface area contributed by atoms with Crippen molar-refractivity contribution in [2.24, 2.45) is 23.7 Å². The quantitative estimate of drug-likeness (QED) is 0.761. The van der Waals surface area contributed by atoms with Crippen molar-refractivity contribution in [2.45, 2.75) is 45.6 Å². The van der Waals surface area contributed by atoms with Crippen LogP contribution < -0.4 is 5.32 Å². The fourth-order valence-electron chi connectivity index (χ4n) is 3.45. The largest absolute Gasteiger partial charge is 0.312 e. The van der Waals surface area contributed by atoms with Gasteiger partial charge in [0.1, 0.15) is 0 Å². The van der Waals surface area contributed by atoms with Gasteiger partial charge in [-0.3, -0.25) is 0 Å². The Hall–Kier alpha value is -0.0800. The molecule has 2 aliphatic carbocycles. The fourth-order valence-corrected chi connectivity index (χ4v) is 3.45. The van der Waals surface area contributed by atoms with Crippen molar-refractivity contribution in [3.05, 3.63) is 0 Å². The van der Waals surface area contributed by atoms with E-state index in [-0.39, 0.29) is 0 Å². The Bertz CT molecular complexity index is 236. The number of hydrogen-bond donors (Lipinski definition) is 1. The first kappa shape index (κ1) is 12.0. The highest BCUT2D eigenvalue weighted by atomic mass is 15.2. The zero-order valence-corrected chi connectivity index (χ0v) is 11.5. The van der Waals surface area contributed by atoms with E-state index in [1.54, 1.807) is 0 Å². The average Bonchev–Trinajstić information content (AvgIpc) is 3.16. The van der Waals surface area contributed by atoms with Crippen LogP contribution in [-0.2, 0) is 0 Å². The normalized spacial score (nSPS) is 34.8. The van der Waals surface area contributed by atoms with Crippen LogP contribution in [0.4, 0.5) is 0 Å². The van der Waals surface area contributed by atoms with Crippen molar-refractivity contribution in [1.29, 1.82) is 0 Å².